The standard InChI is InChI=1S/C11H20O2.C7H12O2.C5H8O4/c1-8(12)7-10(3,4)11(5,6)9(2)13;1-2-7(3-4-7)5-6(8)9;1-4(6)2-9-3-5(7)8/h7H2,1-6H3;2-5H2,1H3,(H,8,9);2-3H2,1H3,(H,7,8). The van der Waals surface area contributed by atoms with E-state index in [9.17, 15) is 24.0 Å². The molecule has 0 unspecified atom stereocenters. The molecule has 31 heavy (non-hydrogen) atoms. The van der Waals surface area contributed by atoms with Crippen molar-refractivity contribution in [2.45, 2.75) is 87.5 Å². The van der Waals surface area contributed by atoms with E-state index in [0.29, 0.717) is 12.8 Å². The van der Waals surface area contributed by atoms with E-state index in [1.807, 2.05) is 27.7 Å². The van der Waals surface area contributed by atoms with Gasteiger partial charge in [-0.25, -0.2) is 4.79 Å². The van der Waals surface area contributed by atoms with Gasteiger partial charge in [0, 0.05) is 11.8 Å². The Kier molecular flexibility index (Phi) is 13.4. The van der Waals surface area contributed by atoms with Crippen LogP contribution in [0.4, 0.5) is 0 Å². The molecule has 0 aromatic heterocycles. The Morgan fingerprint density at radius 3 is 1.55 bits per heavy atom. The number of carboxylic acid groups (broad SMARTS) is 2. The molecule has 1 saturated carbocycles. The van der Waals surface area contributed by atoms with E-state index in [0.717, 1.165) is 19.3 Å². The summed E-state index contributed by atoms with van der Waals surface area (Å²) in [7, 11) is 0. The van der Waals surface area contributed by atoms with Gasteiger partial charge in [-0.15, -0.1) is 0 Å². The highest BCUT2D eigenvalue weighted by atomic mass is 16.5. The molecular formula is C23H40O8. The normalized spacial score (nSPS) is 14.2. The Morgan fingerprint density at radius 1 is 0.839 bits per heavy atom. The van der Waals surface area contributed by atoms with Gasteiger partial charge in [-0.05, 0) is 50.9 Å². The molecule has 0 saturated heterocycles. The van der Waals surface area contributed by atoms with Crippen molar-refractivity contribution in [3.05, 3.63) is 0 Å². The predicted octanol–water partition coefficient (Wildman–Crippen LogP) is 3.93. The second-order valence-corrected chi connectivity index (χ2v) is 9.46. The smallest absolute Gasteiger partial charge is 0.329 e. The summed E-state index contributed by atoms with van der Waals surface area (Å²) >= 11 is 0. The van der Waals surface area contributed by atoms with Crippen LogP contribution in [0.5, 0.6) is 0 Å². The first kappa shape index (κ1) is 31.1. The van der Waals surface area contributed by atoms with Gasteiger partial charge in [0.2, 0.25) is 0 Å². The zero-order valence-electron chi connectivity index (χ0n) is 20.3. The van der Waals surface area contributed by atoms with Crippen LogP contribution >= 0.6 is 0 Å². The second kappa shape index (κ2) is 13.3. The number of carbonyl (C=O) groups excluding carboxylic acids is 3. The fourth-order valence-corrected chi connectivity index (χ4v) is 2.75. The molecule has 8 heteroatoms. The van der Waals surface area contributed by atoms with Crippen LogP contribution in [-0.4, -0.2) is 52.7 Å². The largest absolute Gasteiger partial charge is 0.481 e. The van der Waals surface area contributed by atoms with Crippen LogP contribution in [0.2, 0.25) is 0 Å². The van der Waals surface area contributed by atoms with Gasteiger partial charge >= 0.3 is 11.9 Å². The Balaban J connectivity index is 0. The van der Waals surface area contributed by atoms with Crippen molar-refractivity contribution in [1.29, 1.82) is 0 Å². The highest BCUT2D eigenvalue weighted by Crippen LogP contribution is 2.51. The lowest BCUT2D eigenvalue weighted by Crippen LogP contribution is -2.39. The summed E-state index contributed by atoms with van der Waals surface area (Å²) in [6, 6.07) is 0. The number of ketones is 3. The molecule has 1 aliphatic carbocycles. The first-order valence-corrected chi connectivity index (χ1v) is 10.4. The fourth-order valence-electron chi connectivity index (χ4n) is 2.75. The zero-order valence-corrected chi connectivity index (χ0v) is 20.3. The van der Waals surface area contributed by atoms with E-state index < -0.39 is 24.0 Å². The topological polar surface area (TPSA) is 135 Å². The van der Waals surface area contributed by atoms with Crippen molar-refractivity contribution < 1.29 is 38.9 Å². The molecule has 1 fully saturated rings. The number of carbonyl (C=O) groups is 5. The fraction of sp³-hybridized carbons (Fsp3) is 0.783. The summed E-state index contributed by atoms with van der Waals surface area (Å²) in [6.45, 7) is 13.8. The van der Waals surface area contributed by atoms with Crippen molar-refractivity contribution in [2.24, 2.45) is 16.2 Å². The van der Waals surface area contributed by atoms with Crippen LogP contribution < -0.4 is 0 Å². The highest BCUT2D eigenvalue weighted by molar-refractivity contribution is 5.84. The number of ether oxygens (including phenoxy) is 1. The molecule has 1 aliphatic rings. The molecule has 8 nitrogen and oxygen atoms in total. The minimum Gasteiger partial charge on any atom is -0.481 e. The number of hydrogen-bond donors (Lipinski definition) is 2. The lowest BCUT2D eigenvalue weighted by molar-refractivity contribution is -0.143. The van der Waals surface area contributed by atoms with Crippen LogP contribution in [0.25, 0.3) is 0 Å². The monoisotopic (exact) mass is 444 g/mol. The van der Waals surface area contributed by atoms with E-state index >= 15 is 0 Å². The number of hydrogen-bond acceptors (Lipinski definition) is 6. The molecule has 0 aromatic rings. The Labute approximate surface area is 185 Å². The van der Waals surface area contributed by atoms with Gasteiger partial charge in [-0.3, -0.25) is 14.4 Å². The molecule has 0 bridgehead atoms. The van der Waals surface area contributed by atoms with Crippen LogP contribution in [0.15, 0.2) is 0 Å². The van der Waals surface area contributed by atoms with Crippen LogP contribution in [-0.2, 0) is 28.7 Å². The van der Waals surface area contributed by atoms with Crippen molar-refractivity contribution in [1.82, 2.24) is 0 Å². The zero-order chi connectivity index (χ0) is 25.0. The third kappa shape index (κ3) is 13.8. The molecular weight excluding hydrogens is 404 g/mol. The maximum Gasteiger partial charge on any atom is 0.329 e. The number of aliphatic carboxylic acids is 2. The number of carboxylic acids is 2. The minimum absolute atomic E-state index is 0.119. The van der Waals surface area contributed by atoms with E-state index in [1.54, 1.807) is 13.8 Å². The van der Waals surface area contributed by atoms with Crippen molar-refractivity contribution in [2.75, 3.05) is 13.2 Å². The quantitative estimate of drug-likeness (QED) is 0.489. The average molecular weight is 445 g/mol. The summed E-state index contributed by atoms with van der Waals surface area (Å²) in [6.07, 6.45) is 4.11. The molecule has 2 N–H and O–H groups in total. The second-order valence-electron chi connectivity index (χ2n) is 9.46. The molecule has 1 rings (SSSR count). The summed E-state index contributed by atoms with van der Waals surface area (Å²) < 4.78 is 4.41. The van der Waals surface area contributed by atoms with Crippen LogP contribution in [0.1, 0.15) is 87.5 Å². The van der Waals surface area contributed by atoms with Crippen molar-refractivity contribution >= 4 is 29.3 Å². The van der Waals surface area contributed by atoms with Crippen molar-refractivity contribution in [3.8, 4) is 0 Å². The van der Waals surface area contributed by atoms with Crippen LogP contribution in [0, 0.1) is 16.2 Å². The van der Waals surface area contributed by atoms with Gasteiger partial charge in [-0.2, -0.15) is 0 Å². The first-order chi connectivity index (χ1) is 13.9. The first-order valence-electron chi connectivity index (χ1n) is 10.4. The summed E-state index contributed by atoms with van der Waals surface area (Å²) in [5, 5.41) is 16.4. The van der Waals surface area contributed by atoms with Gasteiger partial charge in [0.25, 0.3) is 0 Å². The number of rotatable bonds is 11. The average Bonchev–Trinajstić information content (AvgIpc) is 3.33. The Hall–Kier alpha value is -2.09. The van der Waals surface area contributed by atoms with Crippen LogP contribution in [0.3, 0.4) is 0 Å². The molecule has 180 valence electrons. The van der Waals surface area contributed by atoms with Crippen molar-refractivity contribution in [3.63, 3.8) is 0 Å². The Bertz CT molecular complexity index is 628. The molecule has 0 atom stereocenters. The van der Waals surface area contributed by atoms with Gasteiger partial charge in [0.15, 0.2) is 5.78 Å². The predicted molar refractivity (Wildman–Crippen MR) is 117 cm³/mol. The molecule has 0 spiro atoms. The Morgan fingerprint density at radius 2 is 1.32 bits per heavy atom. The highest BCUT2D eigenvalue weighted by Gasteiger charge is 2.42. The van der Waals surface area contributed by atoms with E-state index in [2.05, 4.69) is 11.7 Å². The molecule has 0 radical (unpaired) electrons. The number of Topliss-reactive ketones (excluding diaryl/α,β-unsaturated/α-hetero) is 3. The minimum atomic E-state index is -1.06. The molecule has 0 aliphatic heterocycles. The maximum absolute atomic E-state index is 11.4. The van der Waals surface area contributed by atoms with E-state index in [-0.39, 0.29) is 34.8 Å². The van der Waals surface area contributed by atoms with Gasteiger partial charge < -0.3 is 19.7 Å². The molecule has 0 amide bonds. The lowest BCUT2D eigenvalue weighted by atomic mass is 9.63. The van der Waals surface area contributed by atoms with Gasteiger partial charge in [0.1, 0.15) is 24.8 Å². The van der Waals surface area contributed by atoms with Gasteiger partial charge in [0.05, 0.1) is 6.42 Å². The summed E-state index contributed by atoms with van der Waals surface area (Å²) in [5.74, 6) is -1.60. The SMILES string of the molecule is CC(=O)CC(C)(C)C(C)(C)C(C)=O.CC(=O)COCC(=O)O.CCC1(CC(=O)O)CC1. The third-order valence-electron chi connectivity index (χ3n) is 6.03. The van der Waals surface area contributed by atoms with E-state index in [4.69, 9.17) is 10.2 Å². The molecule has 0 aromatic carbocycles. The summed E-state index contributed by atoms with van der Waals surface area (Å²) in [4.78, 5) is 52.5. The lowest BCUT2D eigenvalue weighted by Gasteiger charge is -2.39. The maximum atomic E-state index is 11.4. The van der Waals surface area contributed by atoms with Gasteiger partial charge in [-0.1, -0.05) is 34.6 Å². The summed E-state index contributed by atoms with van der Waals surface area (Å²) in [5.41, 5.74) is -0.477. The molecule has 0 heterocycles. The third-order valence-corrected chi connectivity index (χ3v) is 6.03. The van der Waals surface area contributed by atoms with E-state index in [1.165, 1.54) is 6.92 Å².